The van der Waals surface area contributed by atoms with Gasteiger partial charge in [-0.1, -0.05) is 55.7 Å². The predicted molar refractivity (Wildman–Crippen MR) is 216 cm³/mol. The topological polar surface area (TPSA) is 185 Å². The first-order chi connectivity index (χ1) is 27.4. The van der Waals surface area contributed by atoms with Gasteiger partial charge in [0.25, 0.3) is 22.3 Å². The van der Waals surface area contributed by atoms with E-state index in [4.69, 9.17) is 11.6 Å². The third-order valence-corrected chi connectivity index (χ3v) is 10.2. The van der Waals surface area contributed by atoms with Crippen LogP contribution in [0.1, 0.15) is 59.2 Å². The van der Waals surface area contributed by atoms with E-state index in [1.165, 1.54) is 41.5 Å². The van der Waals surface area contributed by atoms with E-state index >= 15 is 0 Å². The summed E-state index contributed by atoms with van der Waals surface area (Å²) in [7, 11) is 0. The molecular weight excluding hydrogens is 732 g/mol. The van der Waals surface area contributed by atoms with Gasteiger partial charge < -0.3 is 10.6 Å². The van der Waals surface area contributed by atoms with Crippen molar-refractivity contribution in [3.05, 3.63) is 129 Å². The summed E-state index contributed by atoms with van der Waals surface area (Å²) in [5.74, 6) is -0.111. The summed E-state index contributed by atoms with van der Waals surface area (Å²) in [5.41, 5.74) is 4.82. The summed E-state index contributed by atoms with van der Waals surface area (Å²) >= 11 is 5.43. The molecule has 1 aliphatic rings. The quantitative estimate of drug-likeness (QED) is 0.102. The number of nitrogens with one attached hydrogen (secondary N) is 4. The molecule has 8 aromatic rings. The Kier molecular flexibility index (Phi) is 10.5. The average molecular weight is 769 g/mol. The number of halogens is 1. The molecule has 0 unspecified atom stereocenters. The van der Waals surface area contributed by atoms with Crippen LogP contribution in [0.3, 0.4) is 0 Å². The molecule has 0 aliphatic heterocycles. The van der Waals surface area contributed by atoms with Crippen LogP contribution in [-0.4, -0.2) is 70.2 Å². The molecule has 0 radical (unpaired) electrons. The molecule has 0 atom stereocenters. The largest absolute Gasteiger partial charge is 0.352 e. The van der Waals surface area contributed by atoms with Crippen molar-refractivity contribution < 1.29 is 9.59 Å². The number of carbonyl (C=O) groups excluding carboxylic acids is 2. The number of rotatable bonds is 9. The van der Waals surface area contributed by atoms with Crippen LogP contribution >= 0.6 is 11.6 Å². The van der Waals surface area contributed by atoms with Crippen molar-refractivity contribution in [3.63, 3.8) is 0 Å². The Morgan fingerprint density at radius 2 is 1.14 bits per heavy atom. The Hall–Kier alpha value is -6.51. The molecule has 0 spiro atoms. The van der Waals surface area contributed by atoms with Crippen molar-refractivity contribution in [2.24, 2.45) is 0 Å². The number of fused-ring (bicyclic) bond motifs is 6. The molecule has 0 saturated heterocycles. The Morgan fingerprint density at radius 3 is 1.66 bits per heavy atom. The lowest BCUT2D eigenvalue weighted by molar-refractivity contribution is 0.0952. The molecule has 14 nitrogen and oxygen atoms in total. The van der Waals surface area contributed by atoms with E-state index < -0.39 is 5.24 Å². The second-order valence-electron chi connectivity index (χ2n) is 13.7. The van der Waals surface area contributed by atoms with Crippen molar-refractivity contribution in [1.82, 2.24) is 50.6 Å². The molecule has 1 saturated carbocycles. The Labute approximate surface area is 323 Å². The van der Waals surface area contributed by atoms with Crippen LogP contribution < -0.4 is 21.8 Å². The lowest BCUT2D eigenvalue weighted by Crippen LogP contribution is -2.34. The number of carbonyl (C=O) groups is 2. The summed E-state index contributed by atoms with van der Waals surface area (Å²) in [6.07, 6.45) is 7.42. The number of hydrogen-bond donors (Lipinski definition) is 4. The van der Waals surface area contributed by atoms with Gasteiger partial charge in [0.1, 0.15) is 0 Å². The summed E-state index contributed by atoms with van der Waals surface area (Å²) in [6, 6.07) is 29.0. The van der Waals surface area contributed by atoms with Crippen molar-refractivity contribution in [2.45, 2.75) is 44.6 Å². The van der Waals surface area contributed by atoms with E-state index in [0.717, 1.165) is 29.3 Å². The van der Waals surface area contributed by atoms with Gasteiger partial charge in [-0.15, -0.1) is 20.4 Å². The zero-order chi connectivity index (χ0) is 38.6. The van der Waals surface area contributed by atoms with Crippen molar-refractivity contribution in [2.75, 3.05) is 13.1 Å². The van der Waals surface area contributed by atoms with E-state index in [2.05, 4.69) is 41.2 Å². The highest BCUT2D eigenvalue weighted by Gasteiger charge is 2.16. The minimum Gasteiger partial charge on any atom is -0.352 e. The lowest BCUT2D eigenvalue weighted by atomic mass is 9.95. The zero-order valence-corrected chi connectivity index (χ0v) is 30.9. The molecule has 282 valence electrons. The second kappa shape index (κ2) is 16.1. The fourth-order valence-corrected chi connectivity index (χ4v) is 7.17. The van der Waals surface area contributed by atoms with Crippen LogP contribution in [0, 0.1) is 0 Å². The first-order valence-electron chi connectivity index (χ1n) is 18.5. The minimum absolute atomic E-state index is 0.111. The van der Waals surface area contributed by atoms with Crippen LogP contribution in [0.15, 0.2) is 107 Å². The number of H-pyrrole nitrogens is 2. The molecule has 1 aliphatic carbocycles. The maximum absolute atomic E-state index is 12.9. The number of amides is 1. The van der Waals surface area contributed by atoms with Gasteiger partial charge in [-0.25, -0.2) is 9.36 Å². The van der Waals surface area contributed by atoms with E-state index in [1.54, 1.807) is 48.5 Å². The van der Waals surface area contributed by atoms with Crippen LogP contribution in [0.2, 0.25) is 0 Å². The summed E-state index contributed by atoms with van der Waals surface area (Å²) < 4.78 is 2.80. The monoisotopic (exact) mass is 768 g/mol. The maximum atomic E-state index is 12.9. The van der Waals surface area contributed by atoms with Crippen LogP contribution in [-0.2, 0) is 0 Å². The molecule has 4 heterocycles. The van der Waals surface area contributed by atoms with Gasteiger partial charge in [-0.05, 0) is 98.1 Å². The number of nitrogens with zero attached hydrogens (tertiary/aromatic N) is 6. The number of hydrogen-bond acceptors (Lipinski definition) is 9. The first-order valence-corrected chi connectivity index (χ1v) is 18.9. The van der Waals surface area contributed by atoms with E-state index in [1.807, 2.05) is 48.5 Å². The Bertz CT molecular complexity index is 2820. The SMILES string of the molecule is O=C(Cl)c1ccc(-n2[nH]c3c(nnc4ccccc43)c2=O)cc1.O=C(NCCCNC1CCCCC1)c1ccc(-n2[nH]c3c(nnc4ccccc43)c2=O)cc1. The van der Waals surface area contributed by atoms with Gasteiger partial charge in [0.05, 0.1) is 33.4 Å². The number of benzene rings is 4. The van der Waals surface area contributed by atoms with Gasteiger partial charge in [-0.3, -0.25) is 29.4 Å². The lowest BCUT2D eigenvalue weighted by Gasteiger charge is -2.22. The van der Waals surface area contributed by atoms with Crippen LogP contribution in [0.4, 0.5) is 0 Å². The van der Waals surface area contributed by atoms with E-state index in [-0.39, 0.29) is 28.1 Å². The highest BCUT2D eigenvalue weighted by atomic mass is 35.5. The predicted octanol–water partition coefficient (Wildman–Crippen LogP) is 5.95. The standard InChI is InChI=1S/C25H28N6O2.C16H9ClN4O2/c32-24(27-16-6-15-26-18-7-2-1-3-8-18)17-11-13-19(14-12-17)31-25(33)23-22(30-31)20-9-4-5-10-21(20)28-29-23;17-15(22)9-5-7-10(8-6-9)21-16(23)14-13(20-21)11-3-1-2-4-12(11)18-19-14/h4-5,9-14,18,26,30H,1-3,6-8,15-16H2,(H,27,32);1-8,20H. The molecular formula is C41H37ClN10O4. The van der Waals surface area contributed by atoms with Crippen molar-refractivity contribution in [1.29, 1.82) is 0 Å². The summed E-state index contributed by atoms with van der Waals surface area (Å²) in [4.78, 5) is 49.0. The van der Waals surface area contributed by atoms with Crippen LogP contribution in [0.25, 0.3) is 55.2 Å². The average Bonchev–Trinajstić information content (AvgIpc) is 3.77. The summed E-state index contributed by atoms with van der Waals surface area (Å²) in [5, 5.41) is 30.2. The molecule has 1 amide bonds. The third-order valence-electron chi connectivity index (χ3n) is 10.0. The molecule has 4 N–H and O–H groups in total. The van der Waals surface area contributed by atoms with E-state index in [9.17, 15) is 19.2 Å². The normalized spacial score (nSPS) is 13.2. The maximum Gasteiger partial charge on any atom is 0.299 e. The van der Waals surface area contributed by atoms with Gasteiger partial charge in [0, 0.05) is 34.5 Å². The van der Waals surface area contributed by atoms with Crippen molar-refractivity contribution >= 4 is 66.6 Å². The Balaban J connectivity index is 0.000000168. The molecule has 56 heavy (non-hydrogen) atoms. The number of aromatic amines is 2. The molecule has 15 heteroatoms. The van der Waals surface area contributed by atoms with Gasteiger partial charge >= 0.3 is 0 Å². The van der Waals surface area contributed by atoms with Gasteiger partial charge in [-0.2, -0.15) is 0 Å². The fourth-order valence-electron chi connectivity index (χ4n) is 7.04. The van der Waals surface area contributed by atoms with Crippen molar-refractivity contribution in [3.8, 4) is 11.4 Å². The Morgan fingerprint density at radius 1 is 0.643 bits per heavy atom. The van der Waals surface area contributed by atoms with E-state index in [0.29, 0.717) is 51.6 Å². The summed E-state index contributed by atoms with van der Waals surface area (Å²) in [6.45, 7) is 1.55. The molecule has 9 rings (SSSR count). The highest BCUT2D eigenvalue weighted by Crippen LogP contribution is 2.21. The van der Waals surface area contributed by atoms with Gasteiger partial charge in [0.15, 0.2) is 11.0 Å². The number of aromatic nitrogens is 8. The van der Waals surface area contributed by atoms with Crippen LogP contribution in [0.5, 0.6) is 0 Å². The smallest absolute Gasteiger partial charge is 0.299 e. The third kappa shape index (κ3) is 7.44. The molecule has 4 aromatic carbocycles. The minimum atomic E-state index is -0.544. The fraction of sp³-hybridized carbons (Fsp3) is 0.220. The first kappa shape index (κ1) is 36.5. The highest BCUT2D eigenvalue weighted by molar-refractivity contribution is 6.67. The zero-order valence-electron chi connectivity index (χ0n) is 30.2. The molecule has 0 bridgehead atoms. The molecule has 4 aromatic heterocycles. The van der Waals surface area contributed by atoms with Gasteiger partial charge in [0.2, 0.25) is 0 Å². The molecule has 1 fully saturated rings. The second-order valence-corrected chi connectivity index (χ2v) is 14.0.